The number of primary amides is 1. The van der Waals surface area contributed by atoms with E-state index in [1.165, 1.54) is 12.1 Å². The van der Waals surface area contributed by atoms with Crippen LogP contribution in [0.15, 0.2) is 23.1 Å². The summed E-state index contributed by atoms with van der Waals surface area (Å²) in [6.07, 6.45) is 0. The number of amides is 1. The van der Waals surface area contributed by atoms with Crippen molar-refractivity contribution in [2.75, 3.05) is 19.6 Å². The summed E-state index contributed by atoms with van der Waals surface area (Å²) in [4.78, 5) is 10.8. The largest absolute Gasteiger partial charge is 0.368 e. The van der Waals surface area contributed by atoms with E-state index in [9.17, 15) is 17.6 Å². The Balaban J connectivity index is 2.48. The van der Waals surface area contributed by atoms with Gasteiger partial charge in [0.25, 0.3) is 0 Å². The lowest BCUT2D eigenvalue weighted by Crippen LogP contribution is -2.58. The van der Waals surface area contributed by atoms with Crippen molar-refractivity contribution in [3.8, 4) is 0 Å². The van der Waals surface area contributed by atoms with Crippen LogP contribution in [-0.2, 0) is 14.8 Å². The van der Waals surface area contributed by atoms with Crippen molar-refractivity contribution in [1.29, 1.82) is 0 Å². The fraction of sp³-hybridized carbons (Fsp3) is 0.364. The van der Waals surface area contributed by atoms with Crippen molar-refractivity contribution >= 4 is 27.5 Å². The average molecular weight is 322 g/mol. The van der Waals surface area contributed by atoms with Crippen LogP contribution in [0.2, 0.25) is 5.02 Å². The Bertz CT molecular complexity index is 638. The van der Waals surface area contributed by atoms with Gasteiger partial charge in [0.05, 0.1) is 5.02 Å². The number of nitrogens with one attached hydrogen (secondary N) is 1. The molecule has 1 fully saturated rings. The molecule has 0 radical (unpaired) electrons. The number of hydrogen-bond acceptors (Lipinski definition) is 4. The van der Waals surface area contributed by atoms with Crippen LogP contribution in [-0.4, -0.2) is 44.3 Å². The Morgan fingerprint density at radius 3 is 2.85 bits per heavy atom. The highest BCUT2D eigenvalue weighted by Gasteiger charge is 2.38. The summed E-state index contributed by atoms with van der Waals surface area (Å²) in [6.45, 7) is 0.476. The van der Waals surface area contributed by atoms with Crippen molar-refractivity contribution in [3.05, 3.63) is 29.0 Å². The van der Waals surface area contributed by atoms with Gasteiger partial charge in [-0.15, -0.1) is 0 Å². The molecule has 20 heavy (non-hydrogen) atoms. The molecule has 1 aromatic rings. The molecule has 1 saturated heterocycles. The van der Waals surface area contributed by atoms with E-state index < -0.39 is 32.7 Å². The van der Waals surface area contributed by atoms with Crippen molar-refractivity contribution in [3.63, 3.8) is 0 Å². The molecule has 6 nitrogen and oxygen atoms in total. The van der Waals surface area contributed by atoms with E-state index in [0.29, 0.717) is 6.54 Å². The van der Waals surface area contributed by atoms with Gasteiger partial charge in [-0.1, -0.05) is 17.7 Å². The van der Waals surface area contributed by atoms with Gasteiger partial charge in [0.1, 0.15) is 10.9 Å². The van der Waals surface area contributed by atoms with Gasteiger partial charge >= 0.3 is 0 Å². The van der Waals surface area contributed by atoms with Gasteiger partial charge in [-0.3, -0.25) is 4.79 Å². The molecule has 1 aliphatic heterocycles. The molecule has 1 aromatic carbocycles. The SMILES string of the molecule is NC(=O)C1CNCCN1S(=O)(=O)c1cccc(Cl)c1F. The maximum atomic E-state index is 13.9. The average Bonchev–Trinajstić information content (AvgIpc) is 2.41. The van der Waals surface area contributed by atoms with E-state index >= 15 is 0 Å². The zero-order valence-corrected chi connectivity index (χ0v) is 11.9. The number of hydrogen-bond donors (Lipinski definition) is 2. The first-order valence-electron chi connectivity index (χ1n) is 5.81. The standard InChI is InChI=1S/C11H13ClFN3O3S/c12-7-2-1-3-9(10(7)13)20(18,19)16-5-4-15-6-8(16)11(14)17/h1-3,8,15H,4-6H2,(H2,14,17). The van der Waals surface area contributed by atoms with Gasteiger partial charge in [-0.2, -0.15) is 4.31 Å². The predicted octanol–water partition coefficient (Wildman–Crippen LogP) is -0.0731. The second kappa shape index (κ2) is 5.65. The molecule has 1 heterocycles. The maximum Gasteiger partial charge on any atom is 0.246 e. The number of sulfonamides is 1. The molecule has 0 bridgehead atoms. The van der Waals surface area contributed by atoms with E-state index in [-0.39, 0.29) is 18.1 Å². The van der Waals surface area contributed by atoms with E-state index in [1.807, 2.05) is 0 Å². The molecule has 0 aromatic heterocycles. The number of halogens is 2. The third-order valence-corrected chi connectivity index (χ3v) is 5.24. The van der Waals surface area contributed by atoms with E-state index in [1.54, 1.807) is 0 Å². The second-order valence-electron chi connectivity index (χ2n) is 4.29. The molecule has 1 atom stereocenters. The first-order valence-corrected chi connectivity index (χ1v) is 7.63. The monoisotopic (exact) mass is 321 g/mol. The number of nitrogens with two attached hydrogens (primary N) is 1. The van der Waals surface area contributed by atoms with Gasteiger partial charge in [0.2, 0.25) is 15.9 Å². The van der Waals surface area contributed by atoms with Crippen LogP contribution in [0, 0.1) is 5.82 Å². The highest BCUT2D eigenvalue weighted by Crippen LogP contribution is 2.26. The predicted molar refractivity (Wildman–Crippen MR) is 71.2 cm³/mol. The second-order valence-corrected chi connectivity index (χ2v) is 6.56. The van der Waals surface area contributed by atoms with E-state index in [0.717, 1.165) is 10.4 Å². The number of rotatable bonds is 3. The molecule has 2 rings (SSSR count). The quantitative estimate of drug-likeness (QED) is 0.815. The summed E-state index contributed by atoms with van der Waals surface area (Å²) in [5, 5.41) is 2.57. The Morgan fingerprint density at radius 1 is 1.50 bits per heavy atom. The lowest BCUT2D eigenvalue weighted by atomic mass is 10.2. The maximum absolute atomic E-state index is 13.9. The summed E-state index contributed by atoms with van der Waals surface area (Å²) in [7, 11) is -4.18. The topological polar surface area (TPSA) is 92.5 Å². The summed E-state index contributed by atoms with van der Waals surface area (Å²) in [6, 6.07) is 2.64. The fourth-order valence-electron chi connectivity index (χ4n) is 2.03. The molecular weight excluding hydrogens is 309 g/mol. The van der Waals surface area contributed by atoms with Crippen LogP contribution < -0.4 is 11.1 Å². The molecule has 0 aliphatic carbocycles. The Morgan fingerprint density at radius 2 is 2.20 bits per heavy atom. The molecule has 0 saturated carbocycles. The van der Waals surface area contributed by atoms with E-state index in [2.05, 4.69) is 5.32 Å². The zero-order chi connectivity index (χ0) is 14.9. The zero-order valence-electron chi connectivity index (χ0n) is 10.3. The first-order chi connectivity index (χ1) is 9.35. The number of carbonyl (C=O) groups excluding carboxylic acids is 1. The van der Waals surface area contributed by atoms with Crippen LogP contribution in [0.1, 0.15) is 0 Å². The molecular formula is C11H13ClFN3O3S. The minimum atomic E-state index is -4.18. The van der Waals surface area contributed by atoms with Crippen LogP contribution >= 0.6 is 11.6 Å². The minimum absolute atomic E-state index is 0.0297. The van der Waals surface area contributed by atoms with Gasteiger partial charge in [0.15, 0.2) is 5.82 Å². The normalized spacial score (nSPS) is 20.8. The first kappa shape index (κ1) is 15.2. The smallest absolute Gasteiger partial charge is 0.246 e. The van der Waals surface area contributed by atoms with Crippen molar-refractivity contribution in [1.82, 2.24) is 9.62 Å². The number of piperazine rings is 1. The lowest BCUT2D eigenvalue weighted by molar-refractivity contribution is -0.122. The number of benzene rings is 1. The Labute approximate surface area is 120 Å². The minimum Gasteiger partial charge on any atom is -0.368 e. The number of nitrogens with zero attached hydrogens (tertiary/aromatic N) is 1. The van der Waals surface area contributed by atoms with Crippen molar-refractivity contribution < 1.29 is 17.6 Å². The van der Waals surface area contributed by atoms with Crippen LogP contribution in [0.4, 0.5) is 4.39 Å². The van der Waals surface area contributed by atoms with Gasteiger partial charge in [-0.25, -0.2) is 12.8 Å². The molecule has 1 amide bonds. The van der Waals surface area contributed by atoms with Crippen LogP contribution in [0.3, 0.4) is 0 Å². The fourth-order valence-corrected chi connectivity index (χ4v) is 3.94. The molecule has 3 N–H and O–H groups in total. The highest BCUT2D eigenvalue weighted by atomic mass is 35.5. The van der Waals surface area contributed by atoms with Gasteiger partial charge < -0.3 is 11.1 Å². The van der Waals surface area contributed by atoms with Gasteiger partial charge in [0, 0.05) is 19.6 Å². The van der Waals surface area contributed by atoms with E-state index in [4.69, 9.17) is 17.3 Å². The highest BCUT2D eigenvalue weighted by molar-refractivity contribution is 7.89. The molecule has 1 aliphatic rings. The molecule has 9 heteroatoms. The summed E-state index contributed by atoms with van der Waals surface area (Å²) in [5.41, 5.74) is 5.20. The summed E-state index contributed by atoms with van der Waals surface area (Å²) in [5.74, 6) is -1.82. The van der Waals surface area contributed by atoms with Gasteiger partial charge in [-0.05, 0) is 12.1 Å². The molecule has 0 spiro atoms. The van der Waals surface area contributed by atoms with Crippen molar-refractivity contribution in [2.45, 2.75) is 10.9 Å². The third-order valence-electron chi connectivity index (χ3n) is 3.03. The van der Waals surface area contributed by atoms with Crippen LogP contribution in [0.5, 0.6) is 0 Å². The molecule has 1 unspecified atom stereocenters. The Hall–Kier alpha value is -1.22. The Kier molecular flexibility index (Phi) is 4.28. The van der Waals surface area contributed by atoms with Crippen LogP contribution in [0.25, 0.3) is 0 Å². The summed E-state index contributed by atoms with van der Waals surface area (Å²) >= 11 is 5.60. The molecule has 110 valence electrons. The third kappa shape index (κ3) is 2.64. The summed E-state index contributed by atoms with van der Waals surface area (Å²) < 4.78 is 39.7. The lowest BCUT2D eigenvalue weighted by Gasteiger charge is -2.33. The number of carbonyl (C=O) groups is 1. The van der Waals surface area contributed by atoms with Crippen molar-refractivity contribution in [2.24, 2.45) is 5.73 Å².